The molecular formula is C14H19N5O4S. The Morgan fingerprint density at radius 1 is 1.25 bits per heavy atom. The Labute approximate surface area is 139 Å². The van der Waals surface area contributed by atoms with E-state index in [1.165, 1.54) is 0 Å². The van der Waals surface area contributed by atoms with Gasteiger partial charge in [-0.05, 0) is 12.1 Å². The van der Waals surface area contributed by atoms with Gasteiger partial charge in [-0.2, -0.15) is 4.98 Å². The first-order valence-electron chi connectivity index (χ1n) is 7.30. The average molecular weight is 353 g/mol. The van der Waals surface area contributed by atoms with Crippen LogP contribution in [-0.2, 0) is 16.4 Å². The quantitative estimate of drug-likeness (QED) is 0.637. The molecule has 130 valence electrons. The van der Waals surface area contributed by atoms with Crippen molar-refractivity contribution in [3.63, 3.8) is 0 Å². The number of sulfonamides is 1. The lowest BCUT2D eigenvalue weighted by molar-refractivity contribution is 0.252. The molecule has 2 aromatic rings. The summed E-state index contributed by atoms with van der Waals surface area (Å²) >= 11 is 0. The molecule has 9 nitrogen and oxygen atoms in total. The normalized spacial score (nSPS) is 11.2. The van der Waals surface area contributed by atoms with Gasteiger partial charge >= 0.3 is 6.03 Å². The highest BCUT2D eigenvalue weighted by Crippen LogP contribution is 2.26. The number of hydrogen-bond donors (Lipinski definition) is 3. The first-order valence-corrected chi connectivity index (χ1v) is 9.19. The first-order chi connectivity index (χ1) is 11.4. The summed E-state index contributed by atoms with van der Waals surface area (Å²) in [6.45, 7) is 2.18. The predicted molar refractivity (Wildman–Crippen MR) is 89.0 cm³/mol. The Morgan fingerprint density at radius 3 is 2.67 bits per heavy atom. The summed E-state index contributed by atoms with van der Waals surface area (Å²) in [5.74, 6) is 0.901. The molecule has 24 heavy (non-hydrogen) atoms. The fraction of sp³-hybridized carbons (Fsp3) is 0.357. The van der Waals surface area contributed by atoms with Crippen molar-refractivity contribution in [1.29, 1.82) is 0 Å². The second-order valence-electron chi connectivity index (χ2n) is 4.96. The number of hydrogen-bond acceptors (Lipinski definition) is 6. The zero-order chi connectivity index (χ0) is 17.6. The lowest BCUT2D eigenvalue weighted by atomic mass is 10.2. The van der Waals surface area contributed by atoms with Crippen LogP contribution in [0.4, 0.5) is 10.5 Å². The van der Waals surface area contributed by atoms with Crippen molar-refractivity contribution < 1.29 is 17.7 Å². The Bertz CT molecular complexity index is 803. The molecule has 0 aliphatic rings. The minimum atomic E-state index is -3.27. The number of nitrogens with one attached hydrogen (secondary N) is 3. The van der Waals surface area contributed by atoms with Crippen LogP contribution in [0.1, 0.15) is 12.7 Å². The molecule has 0 unspecified atom stereocenters. The molecule has 0 radical (unpaired) electrons. The van der Waals surface area contributed by atoms with Crippen LogP contribution in [0.3, 0.4) is 0 Å². The fourth-order valence-electron chi connectivity index (χ4n) is 1.86. The monoisotopic (exact) mass is 353 g/mol. The molecule has 3 N–H and O–H groups in total. The molecule has 1 heterocycles. The molecule has 2 rings (SSSR count). The van der Waals surface area contributed by atoms with E-state index >= 15 is 0 Å². The minimum Gasteiger partial charge on any atom is -0.337 e. The van der Waals surface area contributed by atoms with Gasteiger partial charge < -0.3 is 15.2 Å². The SMILES string of the molecule is CCc1noc(-c2ccccc2NC(=O)NCCNS(C)(=O)=O)n1. The van der Waals surface area contributed by atoms with Crippen molar-refractivity contribution in [3.8, 4) is 11.5 Å². The third kappa shape index (κ3) is 5.32. The highest BCUT2D eigenvalue weighted by Gasteiger charge is 2.13. The van der Waals surface area contributed by atoms with Crippen LogP contribution in [0, 0.1) is 0 Å². The van der Waals surface area contributed by atoms with E-state index in [2.05, 4.69) is 25.5 Å². The smallest absolute Gasteiger partial charge is 0.319 e. The van der Waals surface area contributed by atoms with Crippen LogP contribution >= 0.6 is 0 Å². The summed E-state index contributed by atoms with van der Waals surface area (Å²) in [6, 6.07) is 6.56. The number of carbonyl (C=O) groups excluding carboxylic acids is 1. The Kier molecular flexibility index (Phi) is 5.88. The Morgan fingerprint density at radius 2 is 2.00 bits per heavy atom. The third-order valence-electron chi connectivity index (χ3n) is 2.96. The summed E-state index contributed by atoms with van der Waals surface area (Å²) in [5, 5.41) is 9.07. The molecule has 10 heteroatoms. The number of benzene rings is 1. The van der Waals surface area contributed by atoms with Crippen molar-refractivity contribution >= 4 is 21.7 Å². The lowest BCUT2D eigenvalue weighted by Gasteiger charge is -2.10. The summed E-state index contributed by atoms with van der Waals surface area (Å²) in [5.41, 5.74) is 1.12. The van der Waals surface area contributed by atoms with Crippen molar-refractivity contribution in [2.45, 2.75) is 13.3 Å². The second-order valence-corrected chi connectivity index (χ2v) is 6.80. The maximum absolute atomic E-state index is 11.9. The summed E-state index contributed by atoms with van der Waals surface area (Å²) in [7, 11) is -3.27. The lowest BCUT2D eigenvalue weighted by Crippen LogP contribution is -2.36. The van der Waals surface area contributed by atoms with Gasteiger partial charge in [-0.1, -0.05) is 24.2 Å². The minimum absolute atomic E-state index is 0.109. The molecule has 0 atom stereocenters. The Hall–Kier alpha value is -2.46. The second kappa shape index (κ2) is 7.88. The van der Waals surface area contributed by atoms with E-state index in [1.54, 1.807) is 24.3 Å². The van der Waals surface area contributed by atoms with E-state index in [-0.39, 0.29) is 13.1 Å². The standard InChI is InChI=1S/C14H19N5O4S/c1-3-12-18-13(23-19-12)10-6-4-5-7-11(10)17-14(20)15-8-9-16-24(2,21)22/h4-7,16H,3,8-9H2,1-2H3,(H2,15,17,20). The van der Waals surface area contributed by atoms with Crippen molar-refractivity contribution in [2.75, 3.05) is 24.7 Å². The number of nitrogens with zero attached hydrogens (tertiary/aromatic N) is 2. The fourth-order valence-corrected chi connectivity index (χ4v) is 2.34. The molecule has 0 saturated heterocycles. The zero-order valence-corrected chi connectivity index (χ0v) is 14.2. The topological polar surface area (TPSA) is 126 Å². The number of urea groups is 1. The number of aryl methyl sites for hydroxylation is 1. The molecule has 0 saturated carbocycles. The molecule has 0 fully saturated rings. The van der Waals surface area contributed by atoms with Crippen molar-refractivity contribution in [1.82, 2.24) is 20.2 Å². The van der Waals surface area contributed by atoms with Gasteiger partial charge in [-0.25, -0.2) is 17.9 Å². The molecule has 0 aliphatic heterocycles. The molecule has 0 spiro atoms. The number of rotatable bonds is 7. The molecular weight excluding hydrogens is 334 g/mol. The molecule has 2 amide bonds. The maximum Gasteiger partial charge on any atom is 0.319 e. The van der Waals surface area contributed by atoms with Gasteiger partial charge in [-0.3, -0.25) is 0 Å². The highest BCUT2D eigenvalue weighted by atomic mass is 32.2. The van der Waals surface area contributed by atoms with Gasteiger partial charge in [0, 0.05) is 19.5 Å². The van der Waals surface area contributed by atoms with Crippen molar-refractivity contribution in [2.24, 2.45) is 0 Å². The number of para-hydroxylation sites is 1. The van der Waals surface area contributed by atoms with Gasteiger partial charge in [0.05, 0.1) is 17.5 Å². The van der Waals surface area contributed by atoms with Crippen LogP contribution in [0.5, 0.6) is 0 Å². The number of carbonyl (C=O) groups is 1. The molecule has 0 aliphatic carbocycles. The van der Waals surface area contributed by atoms with Crippen molar-refractivity contribution in [3.05, 3.63) is 30.1 Å². The van der Waals surface area contributed by atoms with E-state index in [1.807, 2.05) is 6.92 Å². The van der Waals surface area contributed by atoms with Crippen LogP contribution in [0.15, 0.2) is 28.8 Å². The van der Waals surface area contributed by atoms with Crippen LogP contribution in [0.25, 0.3) is 11.5 Å². The zero-order valence-electron chi connectivity index (χ0n) is 13.4. The Balaban J connectivity index is 1.98. The van der Waals surface area contributed by atoms with Crippen LogP contribution in [0.2, 0.25) is 0 Å². The van der Waals surface area contributed by atoms with E-state index in [0.717, 1.165) is 6.26 Å². The predicted octanol–water partition coefficient (Wildman–Crippen LogP) is 0.970. The number of aromatic nitrogens is 2. The van der Waals surface area contributed by atoms with Gasteiger partial charge in [0.1, 0.15) is 0 Å². The van der Waals surface area contributed by atoms with E-state index < -0.39 is 16.1 Å². The largest absolute Gasteiger partial charge is 0.337 e. The molecule has 0 bridgehead atoms. The van der Waals surface area contributed by atoms with Crippen LogP contribution < -0.4 is 15.4 Å². The maximum atomic E-state index is 11.9. The third-order valence-corrected chi connectivity index (χ3v) is 3.69. The van der Waals surface area contributed by atoms with Crippen LogP contribution in [-0.4, -0.2) is 43.9 Å². The number of anilines is 1. The average Bonchev–Trinajstić information content (AvgIpc) is 3.00. The van der Waals surface area contributed by atoms with Gasteiger partial charge in [0.2, 0.25) is 10.0 Å². The van der Waals surface area contributed by atoms with E-state index in [9.17, 15) is 13.2 Å². The highest BCUT2D eigenvalue weighted by molar-refractivity contribution is 7.88. The first kappa shape index (κ1) is 17.9. The van der Waals surface area contributed by atoms with E-state index in [4.69, 9.17) is 4.52 Å². The summed E-state index contributed by atoms with van der Waals surface area (Å²) < 4.78 is 29.3. The molecule has 1 aromatic heterocycles. The van der Waals surface area contributed by atoms with Gasteiger partial charge in [0.25, 0.3) is 5.89 Å². The molecule has 1 aromatic carbocycles. The van der Waals surface area contributed by atoms with E-state index in [0.29, 0.717) is 29.4 Å². The summed E-state index contributed by atoms with van der Waals surface area (Å²) in [6.07, 6.45) is 1.70. The van der Waals surface area contributed by atoms with Gasteiger partial charge in [0.15, 0.2) is 5.82 Å². The summed E-state index contributed by atoms with van der Waals surface area (Å²) in [4.78, 5) is 16.2. The number of amides is 2. The van der Waals surface area contributed by atoms with Gasteiger partial charge in [-0.15, -0.1) is 0 Å².